The van der Waals surface area contributed by atoms with E-state index in [0.717, 1.165) is 23.2 Å². The average Bonchev–Trinajstić information content (AvgIpc) is 3.09. The lowest BCUT2D eigenvalue weighted by molar-refractivity contribution is 0.0998. The molecular formula is C16H21N5O2. The quantitative estimate of drug-likeness (QED) is 0.908. The minimum Gasteiger partial charge on any atom is -0.371 e. The van der Waals surface area contributed by atoms with E-state index in [0.29, 0.717) is 12.3 Å². The van der Waals surface area contributed by atoms with Crippen molar-refractivity contribution in [2.75, 3.05) is 11.9 Å². The Morgan fingerprint density at radius 1 is 1.39 bits per heavy atom. The first-order valence-electron chi connectivity index (χ1n) is 7.64. The molecule has 0 unspecified atom stereocenters. The number of urea groups is 1. The van der Waals surface area contributed by atoms with Gasteiger partial charge >= 0.3 is 6.03 Å². The summed E-state index contributed by atoms with van der Waals surface area (Å²) in [5.41, 5.74) is 3.75. The van der Waals surface area contributed by atoms with Gasteiger partial charge in [0.15, 0.2) is 0 Å². The fourth-order valence-electron chi connectivity index (χ4n) is 2.76. The first-order chi connectivity index (χ1) is 11.1. The minimum atomic E-state index is -0.247. The molecule has 2 N–H and O–H groups in total. The highest BCUT2D eigenvalue weighted by atomic mass is 16.5. The number of carbonyl (C=O) groups is 1. The predicted octanol–water partition coefficient (Wildman–Crippen LogP) is 2.08. The maximum absolute atomic E-state index is 12.3. The largest absolute Gasteiger partial charge is 0.371 e. The minimum absolute atomic E-state index is 0.0742. The summed E-state index contributed by atoms with van der Waals surface area (Å²) in [7, 11) is 1.90. The lowest BCUT2D eigenvalue weighted by atomic mass is 10.0. The van der Waals surface area contributed by atoms with Crippen LogP contribution < -0.4 is 10.6 Å². The third-order valence-electron chi connectivity index (χ3n) is 4.28. The molecule has 7 nitrogen and oxygen atoms in total. The Balaban J connectivity index is 1.68. The highest BCUT2D eigenvalue weighted by Crippen LogP contribution is 2.31. The van der Waals surface area contributed by atoms with Crippen LogP contribution in [0.1, 0.15) is 29.3 Å². The van der Waals surface area contributed by atoms with Gasteiger partial charge in [-0.3, -0.25) is 9.67 Å². The van der Waals surface area contributed by atoms with Crippen LogP contribution in [-0.4, -0.2) is 33.4 Å². The summed E-state index contributed by atoms with van der Waals surface area (Å²) in [6.07, 6.45) is 5.76. The van der Waals surface area contributed by atoms with Gasteiger partial charge in [0.25, 0.3) is 0 Å². The molecule has 0 saturated carbocycles. The van der Waals surface area contributed by atoms with E-state index in [2.05, 4.69) is 20.7 Å². The van der Waals surface area contributed by atoms with Gasteiger partial charge in [0.2, 0.25) is 0 Å². The highest BCUT2D eigenvalue weighted by Gasteiger charge is 2.33. The van der Waals surface area contributed by atoms with Gasteiger partial charge in [0, 0.05) is 31.1 Å². The molecule has 0 bridgehead atoms. The van der Waals surface area contributed by atoms with E-state index in [9.17, 15) is 4.79 Å². The topological polar surface area (TPSA) is 81.1 Å². The summed E-state index contributed by atoms with van der Waals surface area (Å²) in [6, 6.07) is 1.54. The summed E-state index contributed by atoms with van der Waals surface area (Å²) in [5, 5.41) is 10.1. The van der Waals surface area contributed by atoms with E-state index in [1.54, 1.807) is 12.4 Å². The third kappa shape index (κ3) is 3.19. The van der Waals surface area contributed by atoms with Crippen LogP contribution in [0.25, 0.3) is 0 Å². The first kappa shape index (κ1) is 15.5. The Hall–Kier alpha value is -2.41. The van der Waals surface area contributed by atoms with E-state index >= 15 is 0 Å². The second kappa shape index (κ2) is 6.37. The Labute approximate surface area is 135 Å². The third-order valence-corrected chi connectivity index (χ3v) is 4.28. The summed E-state index contributed by atoms with van der Waals surface area (Å²) in [5.74, 6) is 0. The van der Waals surface area contributed by atoms with Gasteiger partial charge in [-0.15, -0.1) is 0 Å². The molecule has 0 radical (unpaired) electrons. The van der Waals surface area contributed by atoms with E-state index in [-0.39, 0.29) is 18.2 Å². The Kier molecular flexibility index (Phi) is 4.29. The molecule has 23 heavy (non-hydrogen) atoms. The summed E-state index contributed by atoms with van der Waals surface area (Å²) < 4.78 is 7.63. The van der Waals surface area contributed by atoms with Crippen LogP contribution >= 0.6 is 0 Å². The standard InChI is InChI=1S/C16H21N5O2/c1-10-4-6-17-9-14(10)20-16(22)19-13-5-7-23-15(13)12-8-18-21(3)11(12)2/h4,6,8-9,13,15H,5,7H2,1-3H3,(H2,19,20,22)/t13-,15+/m0/s1. The van der Waals surface area contributed by atoms with Gasteiger partial charge in [0.05, 0.1) is 24.1 Å². The van der Waals surface area contributed by atoms with Crippen LogP contribution in [0.15, 0.2) is 24.7 Å². The number of anilines is 1. The molecule has 1 aliphatic heterocycles. The maximum Gasteiger partial charge on any atom is 0.319 e. The number of hydrogen-bond acceptors (Lipinski definition) is 4. The molecule has 2 aromatic heterocycles. The molecule has 3 rings (SSSR count). The molecule has 1 fully saturated rings. The van der Waals surface area contributed by atoms with Crippen LogP contribution in [-0.2, 0) is 11.8 Å². The van der Waals surface area contributed by atoms with Crippen molar-refractivity contribution in [3.63, 3.8) is 0 Å². The molecule has 3 heterocycles. The fourth-order valence-corrected chi connectivity index (χ4v) is 2.76. The summed E-state index contributed by atoms with van der Waals surface area (Å²) in [6.45, 7) is 4.55. The van der Waals surface area contributed by atoms with Crippen molar-refractivity contribution >= 4 is 11.7 Å². The van der Waals surface area contributed by atoms with Crippen LogP contribution in [0, 0.1) is 13.8 Å². The van der Waals surface area contributed by atoms with Crippen molar-refractivity contribution in [1.29, 1.82) is 0 Å². The lowest BCUT2D eigenvalue weighted by Gasteiger charge is -2.20. The van der Waals surface area contributed by atoms with Crippen molar-refractivity contribution in [3.05, 3.63) is 41.5 Å². The van der Waals surface area contributed by atoms with Crippen molar-refractivity contribution in [1.82, 2.24) is 20.1 Å². The van der Waals surface area contributed by atoms with Crippen LogP contribution in [0.5, 0.6) is 0 Å². The van der Waals surface area contributed by atoms with Gasteiger partial charge in [-0.2, -0.15) is 5.10 Å². The molecule has 1 aliphatic rings. The molecule has 0 spiro atoms. The SMILES string of the molecule is Cc1ccncc1NC(=O)N[C@H]1CCO[C@@H]1c1cnn(C)c1C. The van der Waals surface area contributed by atoms with Crippen molar-refractivity contribution < 1.29 is 9.53 Å². The van der Waals surface area contributed by atoms with E-state index in [1.165, 1.54) is 0 Å². The van der Waals surface area contributed by atoms with Crippen LogP contribution in [0.3, 0.4) is 0 Å². The normalized spacial score (nSPS) is 20.5. The number of hydrogen-bond donors (Lipinski definition) is 2. The second-order valence-corrected chi connectivity index (χ2v) is 5.78. The van der Waals surface area contributed by atoms with Crippen molar-refractivity contribution in [2.24, 2.45) is 7.05 Å². The maximum atomic E-state index is 12.3. The van der Waals surface area contributed by atoms with Gasteiger partial charge in [0.1, 0.15) is 6.10 Å². The molecular weight excluding hydrogens is 294 g/mol. The molecule has 122 valence electrons. The van der Waals surface area contributed by atoms with E-state index in [4.69, 9.17) is 4.74 Å². The van der Waals surface area contributed by atoms with Crippen molar-refractivity contribution in [3.8, 4) is 0 Å². The number of nitrogens with zero attached hydrogens (tertiary/aromatic N) is 3. The summed E-state index contributed by atoms with van der Waals surface area (Å²) in [4.78, 5) is 16.3. The van der Waals surface area contributed by atoms with Crippen LogP contribution in [0.4, 0.5) is 10.5 Å². The first-order valence-corrected chi connectivity index (χ1v) is 7.64. The number of ether oxygens (including phenoxy) is 1. The number of aromatic nitrogens is 3. The molecule has 2 aromatic rings. The Morgan fingerprint density at radius 3 is 2.91 bits per heavy atom. The number of nitrogens with one attached hydrogen (secondary N) is 2. The van der Waals surface area contributed by atoms with E-state index < -0.39 is 0 Å². The molecule has 1 saturated heterocycles. The lowest BCUT2D eigenvalue weighted by Crippen LogP contribution is -2.39. The molecule has 7 heteroatoms. The average molecular weight is 315 g/mol. The second-order valence-electron chi connectivity index (χ2n) is 5.78. The van der Waals surface area contributed by atoms with Crippen molar-refractivity contribution in [2.45, 2.75) is 32.4 Å². The molecule has 0 aliphatic carbocycles. The van der Waals surface area contributed by atoms with Gasteiger partial charge in [-0.25, -0.2) is 4.79 Å². The number of amides is 2. The smallest absolute Gasteiger partial charge is 0.319 e. The zero-order chi connectivity index (χ0) is 16.4. The zero-order valence-corrected chi connectivity index (χ0v) is 13.5. The van der Waals surface area contributed by atoms with Gasteiger partial charge in [-0.05, 0) is 31.9 Å². The molecule has 2 atom stereocenters. The number of pyridine rings is 1. The summed E-state index contributed by atoms with van der Waals surface area (Å²) >= 11 is 0. The zero-order valence-electron chi connectivity index (χ0n) is 13.5. The van der Waals surface area contributed by atoms with Crippen LogP contribution in [0.2, 0.25) is 0 Å². The highest BCUT2D eigenvalue weighted by molar-refractivity contribution is 5.90. The van der Waals surface area contributed by atoms with E-state index in [1.807, 2.05) is 37.8 Å². The number of rotatable bonds is 3. The number of aryl methyl sites for hydroxylation is 2. The fraction of sp³-hybridized carbons (Fsp3) is 0.438. The number of carbonyl (C=O) groups excluding carboxylic acids is 1. The monoisotopic (exact) mass is 315 g/mol. The Bertz CT molecular complexity index is 712. The Morgan fingerprint density at radius 2 is 2.22 bits per heavy atom. The molecule has 0 aromatic carbocycles. The predicted molar refractivity (Wildman–Crippen MR) is 86.2 cm³/mol. The van der Waals surface area contributed by atoms with Gasteiger partial charge < -0.3 is 15.4 Å². The van der Waals surface area contributed by atoms with Gasteiger partial charge in [-0.1, -0.05) is 0 Å². The molecule has 2 amide bonds.